The van der Waals surface area contributed by atoms with Crippen molar-refractivity contribution in [3.8, 4) is 11.1 Å². The van der Waals surface area contributed by atoms with E-state index in [1.165, 1.54) is 64.4 Å². The number of sulfonamides is 1. The largest absolute Gasteiger partial charge is 0.325 e. The van der Waals surface area contributed by atoms with Gasteiger partial charge in [0, 0.05) is 41.9 Å². The maximum Gasteiger partial charge on any atom is 0.270 e. The molecule has 2 heterocycles. The SMILES string of the molecule is CCN(CC)S(=O)(=O)c1ccc(NC(=O)Cn2cnc3scc(-c4cccc([N+](=O)[O-])c4)c3c2=O)cc1. The molecule has 37 heavy (non-hydrogen) atoms. The van der Waals surface area contributed by atoms with Crippen LogP contribution in [0.3, 0.4) is 0 Å². The Bertz CT molecular complexity index is 1640. The van der Waals surface area contributed by atoms with Crippen LogP contribution in [0, 0.1) is 10.1 Å². The fraction of sp³-hybridized carbons (Fsp3) is 0.208. The normalized spacial score (nSPS) is 11.6. The van der Waals surface area contributed by atoms with Crippen LogP contribution in [0.4, 0.5) is 11.4 Å². The highest BCUT2D eigenvalue weighted by Gasteiger charge is 2.21. The Labute approximate surface area is 216 Å². The Morgan fingerprint density at radius 3 is 2.51 bits per heavy atom. The highest BCUT2D eigenvalue weighted by Crippen LogP contribution is 2.32. The van der Waals surface area contributed by atoms with Gasteiger partial charge in [0.15, 0.2) is 0 Å². The van der Waals surface area contributed by atoms with E-state index in [-0.39, 0.29) is 22.5 Å². The van der Waals surface area contributed by atoms with E-state index in [1.807, 2.05) is 0 Å². The molecule has 192 valence electrons. The van der Waals surface area contributed by atoms with Gasteiger partial charge in [-0.3, -0.25) is 24.3 Å². The first-order valence-electron chi connectivity index (χ1n) is 11.3. The van der Waals surface area contributed by atoms with E-state index < -0.39 is 26.4 Å². The summed E-state index contributed by atoms with van der Waals surface area (Å²) in [5.41, 5.74) is 0.820. The maximum atomic E-state index is 13.2. The van der Waals surface area contributed by atoms with Crippen molar-refractivity contribution < 1.29 is 18.1 Å². The van der Waals surface area contributed by atoms with E-state index in [4.69, 9.17) is 0 Å². The molecular formula is C24H23N5O6S2. The van der Waals surface area contributed by atoms with Gasteiger partial charge >= 0.3 is 0 Å². The first-order chi connectivity index (χ1) is 17.6. The third-order valence-corrected chi connectivity index (χ3v) is 8.67. The number of aromatic nitrogens is 2. The Kier molecular flexibility index (Phi) is 7.47. The quantitative estimate of drug-likeness (QED) is 0.251. The third-order valence-electron chi connectivity index (χ3n) is 5.72. The molecule has 4 rings (SSSR count). The molecule has 2 aromatic heterocycles. The highest BCUT2D eigenvalue weighted by molar-refractivity contribution is 7.89. The molecule has 0 fully saturated rings. The molecule has 0 bridgehead atoms. The van der Waals surface area contributed by atoms with Crippen LogP contribution < -0.4 is 10.9 Å². The lowest BCUT2D eigenvalue weighted by atomic mass is 10.1. The Hall–Kier alpha value is -3.94. The van der Waals surface area contributed by atoms with Gasteiger partial charge in [0.25, 0.3) is 11.2 Å². The van der Waals surface area contributed by atoms with Crippen LogP contribution in [0.5, 0.6) is 0 Å². The molecule has 0 aliphatic heterocycles. The first kappa shape index (κ1) is 26.1. The highest BCUT2D eigenvalue weighted by atomic mass is 32.2. The van der Waals surface area contributed by atoms with Crippen molar-refractivity contribution in [3.63, 3.8) is 0 Å². The van der Waals surface area contributed by atoms with Gasteiger partial charge in [-0.05, 0) is 29.8 Å². The van der Waals surface area contributed by atoms with Crippen LogP contribution >= 0.6 is 11.3 Å². The first-order valence-corrected chi connectivity index (χ1v) is 13.6. The zero-order valence-corrected chi connectivity index (χ0v) is 21.6. The zero-order chi connectivity index (χ0) is 26.7. The van der Waals surface area contributed by atoms with Crippen LogP contribution in [0.25, 0.3) is 21.3 Å². The number of thiophene rings is 1. The van der Waals surface area contributed by atoms with E-state index >= 15 is 0 Å². The summed E-state index contributed by atoms with van der Waals surface area (Å²) in [7, 11) is -3.62. The van der Waals surface area contributed by atoms with Crippen LogP contribution in [0.15, 0.2) is 69.9 Å². The molecule has 11 nitrogen and oxygen atoms in total. The summed E-state index contributed by atoms with van der Waals surface area (Å²) in [5.74, 6) is -0.505. The van der Waals surface area contributed by atoms with Gasteiger partial charge in [0.1, 0.15) is 11.4 Å². The summed E-state index contributed by atoms with van der Waals surface area (Å²) < 4.78 is 27.8. The summed E-state index contributed by atoms with van der Waals surface area (Å²) in [6.45, 7) is 3.87. The van der Waals surface area contributed by atoms with Gasteiger partial charge in [0.05, 0.1) is 21.5 Å². The number of carbonyl (C=O) groups excluding carboxylic acids is 1. The average Bonchev–Trinajstić information content (AvgIpc) is 3.32. The summed E-state index contributed by atoms with van der Waals surface area (Å²) in [6.07, 6.45) is 1.28. The number of hydrogen-bond donors (Lipinski definition) is 1. The van der Waals surface area contributed by atoms with Crippen LogP contribution in [-0.4, -0.2) is 46.2 Å². The molecule has 0 atom stereocenters. The van der Waals surface area contributed by atoms with Crippen molar-refractivity contribution in [2.24, 2.45) is 0 Å². The van der Waals surface area contributed by atoms with Crippen LogP contribution in [-0.2, 0) is 21.4 Å². The zero-order valence-electron chi connectivity index (χ0n) is 19.9. The number of nitro groups is 1. The van der Waals surface area contributed by atoms with E-state index in [9.17, 15) is 28.1 Å². The van der Waals surface area contributed by atoms with Crippen molar-refractivity contribution in [1.29, 1.82) is 0 Å². The molecule has 0 aliphatic carbocycles. The number of rotatable bonds is 9. The molecule has 0 saturated carbocycles. The second kappa shape index (κ2) is 10.6. The summed E-state index contributed by atoms with van der Waals surface area (Å²) >= 11 is 1.23. The van der Waals surface area contributed by atoms with Gasteiger partial charge < -0.3 is 5.32 Å². The molecule has 1 amide bonds. The van der Waals surface area contributed by atoms with Crippen LogP contribution in [0.2, 0.25) is 0 Å². The van der Waals surface area contributed by atoms with Crippen molar-refractivity contribution in [2.45, 2.75) is 25.3 Å². The van der Waals surface area contributed by atoms with Gasteiger partial charge in [0.2, 0.25) is 15.9 Å². The molecule has 0 spiro atoms. The number of fused-ring (bicyclic) bond motifs is 1. The maximum absolute atomic E-state index is 13.2. The monoisotopic (exact) mass is 541 g/mol. The fourth-order valence-electron chi connectivity index (χ4n) is 3.86. The number of benzene rings is 2. The lowest BCUT2D eigenvalue weighted by Crippen LogP contribution is -2.30. The smallest absolute Gasteiger partial charge is 0.270 e. The Morgan fingerprint density at radius 1 is 1.16 bits per heavy atom. The number of non-ortho nitro benzene ring substituents is 1. The average molecular weight is 542 g/mol. The minimum Gasteiger partial charge on any atom is -0.325 e. The number of anilines is 1. The number of carbonyl (C=O) groups is 1. The van der Waals surface area contributed by atoms with Gasteiger partial charge in [-0.2, -0.15) is 4.31 Å². The number of nitrogens with one attached hydrogen (secondary N) is 1. The molecule has 1 N–H and O–H groups in total. The van der Waals surface area contributed by atoms with Crippen molar-refractivity contribution >= 4 is 48.9 Å². The third kappa shape index (κ3) is 5.28. The minimum atomic E-state index is -3.62. The van der Waals surface area contributed by atoms with Gasteiger partial charge in [-0.1, -0.05) is 26.0 Å². The second-order valence-corrected chi connectivity index (χ2v) is 10.8. The Balaban J connectivity index is 1.56. The number of hydrogen-bond acceptors (Lipinski definition) is 8. The van der Waals surface area contributed by atoms with Gasteiger partial charge in [-0.25, -0.2) is 13.4 Å². The van der Waals surface area contributed by atoms with Gasteiger partial charge in [-0.15, -0.1) is 11.3 Å². The molecule has 0 aliphatic rings. The molecular weight excluding hydrogens is 518 g/mol. The summed E-state index contributed by atoms with van der Waals surface area (Å²) in [4.78, 5) is 41.4. The standard InChI is InChI=1S/C24H23N5O6S2/c1-3-28(4-2)37(34,35)19-10-8-17(9-11-19)26-21(30)13-27-15-25-23-22(24(27)31)20(14-36-23)16-6-5-7-18(12-16)29(32)33/h5-12,14-15H,3-4,13H2,1-2H3,(H,26,30). The molecule has 2 aromatic carbocycles. The van der Waals surface area contributed by atoms with E-state index in [2.05, 4.69) is 10.3 Å². The molecule has 0 saturated heterocycles. The molecule has 0 radical (unpaired) electrons. The summed E-state index contributed by atoms with van der Waals surface area (Å²) in [6, 6.07) is 11.8. The lowest BCUT2D eigenvalue weighted by molar-refractivity contribution is -0.384. The topological polar surface area (TPSA) is 145 Å². The molecule has 0 unspecified atom stereocenters. The predicted molar refractivity (Wildman–Crippen MR) is 141 cm³/mol. The fourth-order valence-corrected chi connectivity index (χ4v) is 6.22. The Morgan fingerprint density at radius 2 is 1.86 bits per heavy atom. The minimum absolute atomic E-state index is 0.101. The number of amides is 1. The van der Waals surface area contributed by atoms with Crippen molar-refractivity contribution in [2.75, 3.05) is 18.4 Å². The lowest BCUT2D eigenvalue weighted by Gasteiger charge is -2.18. The molecule has 4 aromatic rings. The van der Waals surface area contributed by atoms with Crippen molar-refractivity contribution in [1.82, 2.24) is 13.9 Å². The predicted octanol–water partition coefficient (Wildman–Crippen LogP) is 3.70. The van der Waals surface area contributed by atoms with E-state index in [0.29, 0.717) is 34.7 Å². The second-order valence-electron chi connectivity index (χ2n) is 7.98. The van der Waals surface area contributed by atoms with E-state index in [1.54, 1.807) is 25.3 Å². The van der Waals surface area contributed by atoms with E-state index in [0.717, 1.165) is 4.57 Å². The number of nitrogens with zero attached hydrogens (tertiary/aromatic N) is 4. The summed E-state index contributed by atoms with van der Waals surface area (Å²) in [5, 5.41) is 15.8. The number of nitro benzene ring substituents is 1. The van der Waals surface area contributed by atoms with Crippen molar-refractivity contribution in [3.05, 3.63) is 80.7 Å². The van der Waals surface area contributed by atoms with Crippen LogP contribution in [0.1, 0.15) is 13.8 Å². The molecule has 13 heteroatoms.